The molecule has 9 heteroatoms. The highest BCUT2D eigenvalue weighted by atomic mass is 79.9. The van der Waals surface area contributed by atoms with Gasteiger partial charge < -0.3 is 0 Å². The molecular formula is C19H16BrN3O3S2. The molecular weight excluding hydrogens is 462 g/mol. The number of aromatic nitrogens is 1. The van der Waals surface area contributed by atoms with Crippen LogP contribution in [0, 0.1) is 0 Å². The van der Waals surface area contributed by atoms with Crippen molar-refractivity contribution in [3.05, 3.63) is 63.4 Å². The minimum absolute atomic E-state index is 0.268. The Morgan fingerprint density at radius 2 is 2.07 bits per heavy atom. The standard InChI is InChI=1S/C19H16BrN3O3S2/c1-28(25,26)23-8-7-13-9-14(5-6-17(13)23)18(24)22-19-21-16(11-27-19)12-3-2-4-15(20)10-12/h2-6,9-11H,7-8H2,1H3,(H,21,22,24). The van der Waals surface area contributed by atoms with Crippen molar-refractivity contribution in [2.45, 2.75) is 6.42 Å². The number of fused-ring (bicyclic) bond motifs is 1. The Hall–Kier alpha value is -2.23. The molecule has 0 saturated heterocycles. The quantitative estimate of drug-likeness (QED) is 0.611. The zero-order valence-electron chi connectivity index (χ0n) is 14.8. The van der Waals surface area contributed by atoms with Gasteiger partial charge in [0.25, 0.3) is 5.91 Å². The summed E-state index contributed by atoms with van der Waals surface area (Å²) in [5.74, 6) is -0.268. The minimum Gasteiger partial charge on any atom is -0.298 e. The van der Waals surface area contributed by atoms with E-state index in [1.165, 1.54) is 21.9 Å². The number of carbonyl (C=O) groups excluding carboxylic acids is 1. The topological polar surface area (TPSA) is 79.4 Å². The van der Waals surface area contributed by atoms with E-state index in [0.29, 0.717) is 29.3 Å². The van der Waals surface area contributed by atoms with E-state index in [-0.39, 0.29) is 5.91 Å². The molecule has 0 radical (unpaired) electrons. The molecule has 1 N–H and O–H groups in total. The van der Waals surface area contributed by atoms with Crippen LogP contribution in [0.15, 0.2) is 52.3 Å². The van der Waals surface area contributed by atoms with E-state index in [2.05, 4.69) is 26.2 Å². The fraction of sp³-hybridized carbons (Fsp3) is 0.158. The van der Waals surface area contributed by atoms with Crippen LogP contribution in [0.25, 0.3) is 11.3 Å². The van der Waals surface area contributed by atoms with Gasteiger partial charge in [-0.1, -0.05) is 28.1 Å². The molecule has 1 aliphatic heterocycles. The second kappa shape index (κ2) is 7.31. The fourth-order valence-electron chi connectivity index (χ4n) is 3.14. The first kappa shape index (κ1) is 19.1. The molecule has 1 aromatic heterocycles. The molecule has 1 amide bonds. The van der Waals surface area contributed by atoms with Gasteiger partial charge in [0, 0.05) is 27.5 Å². The van der Waals surface area contributed by atoms with Crippen molar-refractivity contribution in [2.24, 2.45) is 0 Å². The highest BCUT2D eigenvalue weighted by Crippen LogP contribution is 2.31. The second-order valence-corrected chi connectivity index (χ2v) is 10.1. The van der Waals surface area contributed by atoms with Crippen LogP contribution in [0.2, 0.25) is 0 Å². The summed E-state index contributed by atoms with van der Waals surface area (Å²) in [5.41, 5.74) is 3.73. The van der Waals surface area contributed by atoms with Gasteiger partial charge in [-0.3, -0.25) is 14.4 Å². The third-order valence-corrected chi connectivity index (χ3v) is 6.87. The van der Waals surface area contributed by atoms with Crippen molar-refractivity contribution in [1.82, 2.24) is 4.98 Å². The van der Waals surface area contributed by atoms with Crippen LogP contribution in [0.5, 0.6) is 0 Å². The number of thiazole rings is 1. The molecule has 0 bridgehead atoms. The highest BCUT2D eigenvalue weighted by Gasteiger charge is 2.26. The van der Waals surface area contributed by atoms with Gasteiger partial charge in [-0.15, -0.1) is 11.3 Å². The monoisotopic (exact) mass is 477 g/mol. The van der Waals surface area contributed by atoms with Gasteiger partial charge in [0.05, 0.1) is 17.6 Å². The summed E-state index contributed by atoms with van der Waals surface area (Å²) in [6, 6.07) is 12.9. The van der Waals surface area contributed by atoms with Gasteiger partial charge in [0.15, 0.2) is 5.13 Å². The van der Waals surface area contributed by atoms with Crippen LogP contribution in [0.3, 0.4) is 0 Å². The lowest BCUT2D eigenvalue weighted by Gasteiger charge is -2.16. The number of nitrogens with one attached hydrogen (secondary N) is 1. The van der Waals surface area contributed by atoms with Crippen molar-refractivity contribution in [3.63, 3.8) is 0 Å². The molecule has 0 saturated carbocycles. The van der Waals surface area contributed by atoms with E-state index in [9.17, 15) is 13.2 Å². The molecule has 0 fully saturated rings. The van der Waals surface area contributed by atoms with E-state index < -0.39 is 10.0 Å². The Labute approximate surface area is 175 Å². The lowest BCUT2D eigenvalue weighted by molar-refractivity contribution is 0.102. The smallest absolute Gasteiger partial charge is 0.257 e. The van der Waals surface area contributed by atoms with Gasteiger partial charge in [0.1, 0.15) is 0 Å². The largest absolute Gasteiger partial charge is 0.298 e. The molecule has 2 heterocycles. The molecule has 2 aromatic carbocycles. The second-order valence-electron chi connectivity index (χ2n) is 6.43. The Bertz CT molecular complexity index is 1170. The normalized spacial score (nSPS) is 13.4. The van der Waals surface area contributed by atoms with Crippen LogP contribution < -0.4 is 9.62 Å². The Balaban J connectivity index is 1.52. The van der Waals surface area contributed by atoms with E-state index in [1.807, 2.05) is 29.6 Å². The van der Waals surface area contributed by atoms with Gasteiger partial charge in [-0.2, -0.15) is 0 Å². The first-order chi connectivity index (χ1) is 13.3. The van der Waals surface area contributed by atoms with Crippen molar-refractivity contribution in [3.8, 4) is 11.3 Å². The number of rotatable bonds is 4. The summed E-state index contributed by atoms with van der Waals surface area (Å²) >= 11 is 4.80. The lowest BCUT2D eigenvalue weighted by Crippen LogP contribution is -2.27. The summed E-state index contributed by atoms with van der Waals surface area (Å²) in [7, 11) is -3.30. The number of hydrogen-bond acceptors (Lipinski definition) is 5. The van der Waals surface area contributed by atoms with Crippen molar-refractivity contribution >= 4 is 54.0 Å². The van der Waals surface area contributed by atoms with Crippen LogP contribution in [0.4, 0.5) is 10.8 Å². The number of sulfonamides is 1. The SMILES string of the molecule is CS(=O)(=O)N1CCc2cc(C(=O)Nc3nc(-c4cccc(Br)c4)cs3)ccc21. The first-order valence-corrected chi connectivity index (χ1v) is 12.0. The average molecular weight is 478 g/mol. The molecule has 0 unspecified atom stereocenters. The summed E-state index contributed by atoms with van der Waals surface area (Å²) in [4.78, 5) is 17.1. The maximum Gasteiger partial charge on any atom is 0.257 e. The summed E-state index contributed by atoms with van der Waals surface area (Å²) < 4.78 is 26.0. The van der Waals surface area contributed by atoms with Gasteiger partial charge in [0.2, 0.25) is 10.0 Å². The van der Waals surface area contributed by atoms with Crippen molar-refractivity contribution < 1.29 is 13.2 Å². The number of nitrogens with zero attached hydrogens (tertiary/aromatic N) is 2. The fourth-order valence-corrected chi connectivity index (χ4v) is 5.21. The van der Waals surface area contributed by atoms with Crippen LogP contribution in [-0.4, -0.2) is 32.1 Å². The first-order valence-electron chi connectivity index (χ1n) is 8.45. The third-order valence-electron chi connectivity index (χ3n) is 4.44. The molecule has 4 rings (SSSR count). The maximum absolute atomic E-state index is 12.6. The molecule has 0 spiro atoms. The molecule has 1 aliphatic rings. The van der Waals surface area contributed by atoms with E-state index in [1.54, 1.807) is 18.2 Å². The Morgan fingerprint density at radius 3 is 2.82 bits per heavy atom. The van der Waals surface area contributed by atoms with Crippen LogP contribution >= 0.6 is 27.3 Å². The van der Waals surface area contributed by atoms with Gasteiger partial charge >= 0.3 is 0 Å². The van der Waals surface area contributed by atoms with Gasteiger partial charge in [-0.05, 0) is 42.3 Å². The molecule has 144 valence electrons. The van der Waals surface area contributed by atoms with Crippen LogP contribution in [0.1, 0.15) is 15.9 Å². The van der Waals surface area contributed by atoms with E-state index >= 15 is 0 Å². The predicted octanol–water partition coefficient (Wildman–Crippen LogP) is 4.15. The Morgan fingerprint density at radius 1 is 1.25 bits per heavy atom. The Kier molecular flexibility index (Phi) is 4.98. The highest BCUT2D eigenvalue weighted by molar-refractivity contribution is 9.10. The molecule has 3 aromatic rings. The minimum atomic E-state index is -3.30. The summed E-state index contributed by atoms with van der Waals surface area (Å²) in [5, 5.41) is 5.23. The zero-order valence-corrected chi connectivity index (χ0v) is 18.1. The molecule has 0 atom stereocenters. The molecule has 0 aliphatic carbocycles. The van der Waals surface area contributed by atoms with Gasteiger partial charge in [-0.25, -0.2) is 13.4 Å². The van der Waals surface area contributed by atoms with Crippen LogP contribution in [-0.2, 0) is 16.4 Å². The number of halogens is 1. The molecule has 28 heavy (non-hydrogen) atoms. The number of benzene rings is 2. The lowest BCUT2D eigenvalue weighted by atomic mass is 10.1. The zero-order chi connectivity index (χ0) is 19.9. The maximum atomic E-state index is 12.6. The predicted molar refractivity (Wildman–Crippen MR) is 116 cm³/mol. The number of hydrogen-bond donors (Lipinski definition) is 1. The van der Waals surface area contributed by atoms with E-state index in [0.717, 1.165) is 21.3 Å². The summed E-state index contributed by atoms with van der Waals surface area (Å²) in [6.07, 6.45) is 1.78. The van der Waals surface area contributed by atoms with Crippen molar-refractivity contribution in [2.75, 3.05) is 22.4 Å². The number of amides is 1. The van der Waals surface area contributed by atoms with E-state index in [4.69, 9.17) is 0 Å². The number of anilines is 2. The number of carbonyl (C=O) groups is 1. The van der Waals surface area contributed by atoms with Crippen molar-refractivity contribution in [1.29, 1.82) is 0 Å². The average Bonchev–Trinajstić information content (AvgIpc) is 3.27. The summed E-state index contributed by atoms with van der Waals surface area (Å²) in [6.45, 7) is 0.404. The molecule has 6 nitrogen and oxygen atoms in total. The third kappa shape index (κ3) is 3.82.